The van der Waals surface area contributed by atoms with Crippen molar-refractivity contribution in [3.63, 3.8) is 0 Å². The van der Waals surface area contributed by atoms with Gasteiger partial charge in [0.05, 0.1) is 33.4 Å². The van der Waals surface area contributed by atoms with Gasteiger partial charge in [-0.15, -0.1) is 0 Å². The van der Waals surface area contributed by atoms with Gasteiger partial charge in [-0.05, 0) is 209 Å². The molecule has 0 bridgehead atoms. The predicted octanol–water partition coefficient (Wildman–Crippen LogP) is 23.6. The van der Waals surface area contributed by atoms with Gasteiger partial charge in [-0.25, -0.2) is 0 Å². The van der Waals surface area contributed by atoms with Crippen molar-refractivity contribution in [2.24, 2.45) is 0 Å². The first-order valence-electron chi connectivity index (χ1n) is 35.0. The molecule has 0 fully saturated rings. The van der Waals surface area contributed by atoms with E-state index in [0.717, 1.165) is 34.1 Å². The number of aryl methyl sites for hydroxylation is 4. The summed E-state index contributed by atoms with van der Waals surface area (Å²) < 4.78 is 5.06. The first-order chi connectivity index (χ1) is 47.3. The van der Waals surface area contributed by atoms with Gasteiger partial charge < -0.3 is 18.9 Å². The van der Waals surface area contributed by atoms with E-state index < -0.39 is 0 Å². The van der Waals surface area contributed by atoms with Gasteiger partial charge in [0.25, 0.3) is 6.71 Å². The molecule has 0 saturated carbocycles. The van der Waals surface area contributed by atoms with Crippen molar-refractivity contribution in [1.29, 1.82) is 0 Å². The van der Waals surface area contributed by atoms with E-state index in [0.29, 0.717) is 0 Å². The molecule has 4 heterocycles. The maximum absolute atomic E-state index is 2.73. The fraction of sp³-hybridized carbons (Fsp3) is 0.161. The highest BCUT2D eigenvalue weighted by Gasteiger charge is 2.46. The van der Waals surface area contributed by atoms with E-state index in [2.05, 4.69) is 369 Å². The summed E-state index contributed by atoms with van der Waals surface area (Å²) in [5.41, 5.74) is 35.6. The summed E-state index contributed by atoms with van der Waals surface area (Å²) in [4.78, 5) is 5.47. The molecule has 17 rings (SSSR count). The predicted molar refractivity (Wildman–Crippen MR) is 421 cm³/mol. The van der Waals surface area contributed by atoms with Gasteiger partial charge in [0, 0.05) is 77.9 Å². The Morgan fingerprint density at radius 3 is 0.878 bits per heavy atom. The number of fused-ring (bicyclic) bond motifs is 10. The molecule has 476 valence electrons. The Hall–Kier alpha value is -10.9. The zero-order valence-corrected chi connectivity index (χ0v) is 58.3. The number of benzene rings is 13. The third-order valence-corrected chi connectivity index (χ3v) is 21.1. The highest BCUT2D eigenvalue weighted by atomic mass is 15.2. The summed E-state index contributed by atoms with van der Waals surface area (Å²) in [5, 5.41) is 5.04. The monoisotopic (exact) mass is 1260 g/mol. The van der Waals surface area contributed by atoms with E-state index in [-0.39, 0.29) is 23.5 Å². The molecule has 0 unspecified atom stereocenters. The lowest BCUT2D eigenvalue weighted by Gasteiger charge is -2.46. The minimum atomic E-state index is -0.211. The molecule has 0 spiro atoms. The van der Waals surface area contributed by atoms with Crippen molar-refractivity contribution in [2.45, 2.75) is 99.8 Å². The normalized spacial score (nSPS) is 12.9. The molecule has 0 amide bonds. The molecular formula is C93H81BN4. The lowest BCUT2D eigenvalue weighted by Crippen LogP contribution is -2.61. The number of hydrogen-bond donors (Lipinski definition) is 0. The summed E-state index contributed by atoms with van der Waals surface area (Å²) in [5.74, 6) is 0.143. The number of aromatic nitrogens is 2. The van der Waals surface area contributed by atoms with E-state index in [1.165, 1.54) is 155 Å². The number of hydrogen-bond acceptors (Lipinski definition) is 2. The van der Waals surface area contributed by atoms with Crippen molar-refractivity contribution < 1.29 is 0 Å². The molecule has 2 aromatic heterocycles. The average Bonchev–Trinajstić information content (AvgIpc) is 0.738. The van der Waals surface area contributed by atoms with Crippen LogP contribution in [-0.4, -0.2) is 15.8 Å². The Morgan fingerprint density at radius 2 is 0.602 bits per heavy atom. The molecule has 0 radical (unpaired) electrons. The highest BCUT2D eigenvalue weighted by Crippen LogP contribution is 2.55. The summed E-state index contributed by atoms with van der Waals surface area (Å²) >= 11 is 0. The minimum absolute atomic E-state index is 0.143. The lowest BCUT2D eigenvalue weighted by molar-refractivity contribution is 0.590. The maximum Gasteiger partial charge on any atom is 0.252 e. The third-order valence-electron chi connectivity index (χ3n) is 21.1. The van der Waals surface area contributed by atoms with E-state index in [4.69, 9.17) is 0 Å². The number of nitrogens with zero attached hydrogens (tertiary/aromatic N) is 4. The summed E-state index contributed by atoms with van der Waals surface area (Å²) in [6.07, 6.45) is 0. The maximum atomic E-state index is 2.73. The van der Waals surface area contributed by atoms with E-state index in [1.807, 2.05) is 0 Å². The first-order valence-corrected chi connectivity index (χ1v) is 35.0. The second-order valence-electron chi connectivity index (χ2n) is 30.3. The van der Waals surface area contributed by atoms with Crippen molar-refractivity contribution in [1.82, 2.24) is 9.13 Å². The zero-order valence-electron chi connectivity index (χ0n) is 58.3. The van der Waals surface area contributed by atoms with Gasteiger partial charge in [0.15, 0.2) is 0 Å². The van der Waals surface area contributed by atoms with Crippen LogP contribution in [0.15, 0.2) is 267 Å². The largest absolute Gasteiger partial charge is 0.310 e. The quantitative estimate of drug-likeness (QED) is 0.134. The fourth-order valence-corrected chi connectivity index (χ4v) is 16.1. The van der Waals surface area contributed by atoms with Crippen LogP contribution in [0.3, 0.4) is 0 Å². The summed E-state index contributed by atoms with van der Waals surface area (Å²) in [7, 11) is 0. The van der Waals surface area contributed by atoms with Crippen LogP contribution in [0.1, 0.15) is 100 Å². The molecule has 0 N–H and O–H groups in total. The van der Waals surface area contributed by atoms with Crippen LogP contribution in [-0.2, 0) is 10.8 Å². The second-order valence-corrected chi connectivity index (χ2v) is 30.3. The second kappa shape index (κ2) is 22.9. The molecule has 2 aliphatic heterocycles. The van der Waals surface area contributed by atoms with Crippen LogP contribution >= 0.6 is 0 Å². The number of rotatable bonds is 9. The van der Waals surface area contributed by atoms with Crippen molar-refractivity contribution >= 4 is 101 Å². The molecule has 4 nitrogen and oxygen atoms in total. The Morgan fingerprint density at radius 1 is 0.306 bits per heavy atom. The molecular weight excluding hydrogens is 1180 g/mol. The van der Waals surface area contributed by atoms with Crippen molar-refractivity contribution in [2.75, 3.05) is 9.80 Å². The molecule has 0 atom stereocenters. The minimum Gasteiger partial charge on any atom is -0.310 e. The van der Waals surface area contributed by atoms with Crippen LogP contribution in [0.5, 0.6) is 0 Å². The van der Waals surface area contributed by atoms with E-state index in [9.17, 15) is 0 Å². The average molecular weight is 1270 g/mol. The molecule has 98 heavy (non-hydrogen) atoms. The molecule has 15 aromatic rings. The van der Waals surface area contributed by atoms with E-state index in [1.54, 1.807) is 0 Å². The topological polar surface area (TPSA) is 16.3 Å². The van der Waals surface area contributed by atoms with Gasteiger partial charge in [-0.1, -0.05) is 235 Å². The zero-order chi connectivity index (χ0) is 67.2. The first kappa shape index (κ1) is 60.8. The van der Waals surface area contributed by atoms with Crippen LogP contribution in [0.4, 0.5) is 34.1 Å². The molecule has 5 heteroatoms. The smallest absolute Gasteiger partial charge is 0.252 e. The molecule has 2 aliphatic rings. The van der Waals surface area contributed by atoms with Gasteiger partial charge in [0.2, 0.25) is 0 Å². The Bertz CT molecular complexity index is 5130. The summed E-state index contributed by atoms with van der Waals surface area (Å²) in [6.45, 7) is 27.6. The van der Waals surface area contributed by atoms with Crippen molar-refractivity contribution in [3.05, 3.63) is 306 Å². The van der Waals surface area contributed by atoms with Crippen molar-refractivity contribution in [3.8, 4) is 55.9 Å². The van der Waals surface area contributed by atoms with Gasteiger partial charge in [-0.2, -0.15) is 0 Å². The van der Waals surface area contributed by atoms with Crippen LogP contribution in [0.25, 0.3) is 99.5 Å². The van der Waals surface area contributed by atoms with E-state index >= 15 is 0 Å². The third kappa shape index (κ3) is 9.86. The fourth-order valence-electron chi connectivity index (χ4n) is 16.1. The van der Waals surface area contributed by atoms with Crippen LogP contribution < -0.4 is 26.2 Å². The highest BCUT2D eigenvalue weighted by molar-refractivity contribution is 7.00. The molecule has 0 aliphatic carbocycles. The number of anilines is 6. The van der Waals surface area contributed by atoms with Gasteiger partial charge >= 0.3 is 0 Å². The SMILES string of the molecule is Cc1ccc2c(c1)c1cc(C)ccc1n2-c1ccc2c(c1)N(c1c(-c3ccccc3)cc(C(C)(C)C)cc1-c1ccccc1)c1cc(C(C)C)cc3c1B2c1ccc(-n2c4ccc(C)cc4c4cc(C)ccc42)cc1N3c1c(-c2ccccc2)cc(C(C)(C)C)cc1-c1ccccc1. The van der Waals surface area contributed by atoms with Crippen LogP contribution in [0, 0.1) is 27.7 Å². The Balaban J connectivity index is 1.07. The molecule has 13 aromatic carbocycles. The Kier molecular flexibility index (Phi) is 14.2. The summed E-state index contributed by atoms with van der Waals surface area (Å²) in [6, 6.07) is 103. The molecule has 0 saturated heterocycles. The van der Waals surface area contributed by atoms with Gasteiger partial charge in [-0.3, -0.25) is 0 Å². The van der Waals surface area contributed by atoms with Gasteiger partial charge in [0.1, 0.15) is 0 Å². The lowest BCUT2D eigenvalue weighted by atomic mass is 9.33. The van der Waals surface area contributed by atoms with Crippen LogP contribution in [0.2, 0.25) is 0 Å². The standard InChI is InChI=1S/C93H81BN4/c1-57(2)66-49-87-89-88(50-66)98(91-73(64-29-21-15-22-30-64)53-68(93(10,11)12)54-74(91)65-31-23-16-24-32-65)86-56-70(96-83-43-35-60(5)47-77(83)78-48-61(6)36-44-84(78)96)38-40-80(86)94(89)79-39-37-69(95-81-41-33-58(3)45-75(81)76-46-59(4)34-42-82(76)95)55-85(79)97(87)90-71(62-25-17-13-18-26-62)51-67(92(7,8)9)52-72(90)63-27-19-14-20-28-63/h13-57H,1-12H3. The Labute approximate surface area is 577 Å².